The summed E-state index contributed by atoms with van der Waals surface area (Å²) in [4.78, 5) is 7.02. The van der Waals surface area contributed by atoms with Crippen molar-refractivity contribution in [2.24, 2.45) is 9.98 Å². The van der Waals surface area contributed by atoms with Crippen LogP contribution in [0.4, 0.5) is 0 Å². The first-order chi connectivity index (χ1) is 4.16. The van der Waals surface area contributed by atoms with Crippen molar-refractivity contribution in [1.82, 2.24) is 0 Å². The second kappa shape index (κ2) is 4.53. The van der Waals surface area contributed by atoms with Crippen molar-refractivity contribution in [3.05, 3.63) is 11.4 Å². The fourth-order valence-corrected chi connectivity index (χ4v) is 0.581. The topological polar surface area (TPSA) is 24.7 Å². The maximum absolute atomic E-state index is 5.43. The Morgan fingerprint density at radius 2 is 2.11 bits per heavy atom. The Bertz CT molecular complexity index is 156. The third-order valence-electron chi connectivity index (χ3n) is 0.459. The molecule has 0 spiro atoms. The third-order valence-corrected chi connectivity index (χ3v) is 0.725. The highest BCUT2D eigenvalue weighted by molar-refractivity contribution is 6.65. The molecule has 0 amide bonds. The number of rotatable bonds is 2. The molecule has 0 radical (unpaired) electrons. The Hall–Kier alpha value is -0.340. The Balaban J connectivity index is 4.05. The van der Waals surface area contributed by atoms with Gasteiger partial charge in [-0.05, 0) is 13.6 Å². The summed E-state index contributed by atoms with van der Waals surface area (Å²) in [6.07, 6.45) is 1.31. The summed E-state index contributed by atoms with van der Waals surface area (Å²) in [5, 5.41) is 0.609. The molecule has 50 valence electrons. The van der Waals surface area contributed by atoms with E-state index in [1.54, 1.807) is 6.92 Å². The lowest BCUT2D eigenvalue weighted by molar-refractivity contribution is 1.44. The van der Waals surface area contributed by atoms with Crippen molar-refractivity contribution in [3.63, 3.8) is 0 Å². The van der Waals surface area contributed by atoms with Crippen LogP contribution >= 0.6 is 23.2 Å². The van der Waals surface area contributed by atoms with Crippen molar-refractivity contribution in [1.29, 1.82) is 0 Å². The van der Waals surface area contributed by atoms with Gasteiger partial charge in [-0.3, -0.25) is 4.99 Å². The first-order valence-electron chi connectivity index (χ1n) is 2.19. The van der Waals surface area contributed by atoms with E-state index in [0.29, 0.717) is 5.17 Å². The zero-order valence-corrected chi connectivity index (χ0v) is 6.45. The molecule has 0 unspecified atom stereocenters. The molecule has 0 aliphatic carbocycles. The molecule has 0 atom stereocenters. The molecule has 0 aromatic rings. The summed E-state index contributed by atoms with van der Waals surface area (Å²) >= 11 is 10.8. The number of halogens is 2. The van der Waals surface area contributed by atoms with Gasteiger partial charge >= 0.3 is 0 Å². The van der Waals surface area contributed by atoms with Crippen LogP contribution in [-0.4, -0.2) is 11.9 Å². The molecule has 9 heavy (non-hydrogen) atoms. The van der Waals surface area contributed by atoms with Crippen LogP contribution in [0.25, 0.3) is 0 Å². The van der Waals surface area contributed by atoms with Crippen molar-refractivity contribution < 1.29 is 0 Å². The quantitative estimate of drug-likeness (QED) is 0.443. The minimum absolute atomic E-state index is 0.234. The number of nitrogens with zero attached hydrogens (tertiary/aromatic N) is 2. The molecule has 0 saturated heterocycles. The molecule has 0 saturated carbocycles. The van der Waals surface area contributed by atoms with Gasteiger partial charge in [-0.1, -0.05) is 23.2 Å². The first-order valence-corrected chi connectivity index (χ1v) is 2.94. The van der Waals surface area contributed by atoms with E-state index in [-0.39, 0.29) is 5.16 Å². The molecule has 0 aliphatic rings. The number of hydrogen-bond acceptors (Lipinski definition) is 2. The van der Waals surface area contributed by atoms with Gasteiger partial charge in [-0.15, -0.1) is 0 Å². The van der Waals surface area contributed by atoms with Crippen molar-refractivity contribution in [2.45, 2.75) is 6.92 Å². The van der Waals surface area contributed by atoms with E-state index < -0.39 is 0 Å². The van der Waals surface area contributed by atoms with Crippen molar-refractivity contribution in [3.8, 4) is 0 Å². The number of aliphatic imine (C=N–C) groups is 2. The van der Waals surface area contributed by atoms with Gasteiger partial charge in [0.25, 0.3) is 0 Å². The van der Waals surface area contributed by atoms with E-state index in [4.69, 9.17) is 23.2 Å². The van der Waals surface area contributed by atoms with Crippen LogP contribution < -0.4 is 0 Å². The molecule has 0 fully saturated rings. The summed E-state index contributed by atoms with van der Waals surface area (Å²) in [5.74, 6) is 0. The Kier molecular flexibility index (Phi) is 4.36. The molecule has 0 aromatic carbocycles. The molecule has 0 N–H and O–H groups in total. The van der Waals surface area contributed by atoms with Crippen molar-refractivity contribution in [2.75, 3.05) is 0 Å². The van der Waals surface area contributed by atoms with E-state index in [1.165, 1.54) is 6.20 Å². The third kappa shape index (κ3) is 5.53. The minimum atomic E-state index is 0.234. The Morgan fingerprint density at radius 1 is 1.56 bits per heavy atom. The summed E-state index contributed by atoms with van der Waals surface area (Å²) in [7, 11) is 0. The maximum Gasteiger partial charge on any atom is 0.148 e. The van der Waals surface area contributed by atoms with E-state index in [0.717, 1.165) is 0 Å². The molecule has 0 heterocycles. The van der Waals surface area contributed by atoms with Gasteiger partial charge in [0.1, 0.15) is 10.3 Å². The van der Waals surface area contributed by atoms with Crippen LogP contribution in [0, 0.1) is 0 Å². The molecule has 0 aliphatic heterocycles. The SMILES string of the molecule is C=N/C=C(Cl)\N=C(/C)Cl. The zero-order chi connectivity index (χ0) is 7.28. The van der Waals surface area contributed by atoms with E-state index >= 15 is 0 Å². The predicted octanol–water partition coefficient (Wildman–Crippen LogP) is 2.38. The second-order valence-electron chi connectivity index (χ2n) is 1.24. The average molecular weight is 165 g/mol. The Labute approximate surface area is 63.9 Å². The van der Waals surface area contributed by atoms with Crippen LogP contribution in [0.5, 0.6) is 0 Å². The molecular weight excluding hydrogens is 159 g/mol. The van der Waals surface area contributed by atoms with Gasteiger partial charge in [0.05, 0.1) is 6.20 Å². The van der Waals surface area contributed by atoms with E-state index in [9.17, 15) is 0 Å². The smallest absolute Gasteiger partial charge is 0.148 e. The molecule has 2 nitrogen and oxygen atoms in total. The predicted molar refractivity (Wildman–Crippen MR) is 42.4 cm³/mol. The maximum atomic E-state index is 5.43. The fraction of sp³-hybridized carbons (Fsp3) is 0.200. The average Bonchev–Trinajstić information content (AvgIpc) is 1.63. The molecule has 0 aromatic heterocycles. The van der Waals surface area contributed by atoms with Crippen LogP contribution in [0.15, 0.2) is 21.3 Å². The zero-order valence-electron chi connectivity index (χ0n) is 4.93. The lowest BCUT2D eigenvalue weighted by Crippen LogP contribution is -1.73. The summed E-state index contributed by atoms with van der Waals surface area (Å²) in [6, 6.07) is 0. The summed E-state index contributed by atoms with van der Waals surface area (Å²) in [6.45, 7) is 4.81. The van der Waals surface area contributed by atoms with Crippen LogP contribution in [0.2, 0.25) is 0 Å². The van der Waals surface area contributed by atoms with Crippen LogP contribution in [0.1, 0.15) is 6.92 Å². The number of hydrogen-bond donors (Lipinski definition) is 0. The molecule has 0 rings (SSSR count). The standard InChI is InChI=1S/C5H6Cl2N2/c1-4(6)9-5(7)3-8-2/h3H,2H2,1H3/b5-3-,9-4+. The monoisotopic (exact) mass is 164 g/mol. The van der Waals surface area contributed by atoms with Crippen LogP contribution in [-0.2, 0) is 0 Å². The normalized spacial score (nSPS) is 13.7. The molecular formula is C5H6Cl2N2. The Morgan fingerprint density at radius 3 is 2.44 bits per heavy atom. The lowest BCUT2D eigenvalue weighted by Gasteiger charge is -1.84. The van der Waals surface area contributed by atoms with Gasteiger partial charge in [0.2, 0.25) is 0 Å². The highest BCUT2D eigenvalue weighted by atomic mass is 35.5. The van der Waals surface area contributed by atoms with E-state index in [1.807, 2.05) is 0 Å². The largest absolute Gasteiger partial charge is 0.269 e. The minimum Gasteiger partial charge on any atom is -0.269 e. The lowest BCUT2D eigenvalue weighted by atomic mass is 10.8. The molecule has 4 heteroatoms. The fourth-order valence-electron chi connectivity index (χ4n) is 0.251. The highest BCUT2D eigenvalue weighted by Gasteiger charge is 1.84. The van der Waals surface area contributed by atoms with Gasteiger partial charge in [-0.2, -0.15) is 0 Å². The van der Waals surface area contributed by atoms with Crippen molar-refractivity contribution >= 4 is 35.1 Å². The summed E-state index contributed by atoms with van der Waals surface area (Å²) < 4.78 is 0. The molecule has 0 bridgehead atoms. The summed E-state index contributed by atoms with van der Waals surface area (Å²) in [5.41, 5.74) is 0. The van der Waals surface area contributed by atoms with Crippen LogP contribution in [0.3, 0.4) is 0 Å². The first kappa shape index (κ1) is 8.66. The van der Waals surface area contributed by atoms with Gasteiger partial charge < -0.3 is 0 Å². The van der Waals surface area contributed by atoms with Gasteiger partial charge in [0, 0.05) is 0 Å². The van der Waals surface area contributed by atoms with E-state index in [2.05, 4.69) is 16.7 Å². The van der Waals surface area contributed by atoms with Gasteiger partial charge in [-0.25, -0.2) is 4.99 Å². The highest BCUT2D eigenvalue weighted by Crippen LogP contribution is 2.03. The second-order valence-corrected chi connectivity index (χ2v) is 2.18. The van der Waals surface area contributed by atoms with Gasteiger partial charge in [0.15, 0.2) is 0 Å².